The Bertz CT molecular complexity index is 429. The van der Waals surface area contributed by atoms with Gasteiger partial charge in [0.25, 0.3) is 0 Å². The van der Waals surface area contributed by atoms with Crippen molar-refractivity contribution in [3.8, 4) is 11.5 Å². The summed E-state index contributed by atoms with van der Waals surface area (Å²) in [6.07, 6.45) is 0.483. The summed E-state index contributed by atoms with van der Waals surface area (Å²) in [7, 11) is 3.22. The number of ether oxygens (including phenoxy) is 2. The van der Waals surface area contributed by atoms with E-state index in [1.165, 1.54) is 0 Å². The zero-order valence-corrected chi connectivity index (χ0v) is 12.3. The van der Waals surface area contributed by atoms with E-state index in [0.29, 0.717) is 23.8 Å². The van der Waals surface area contributed by atoms with E-state index in [9.17, 15) is 4.79 Å². The van der Waals surface area contributed by atoms with Gasteiger partial charge < -0.3 is 14.8 Å². The van der Waals surface area contributed by atoms with Crippen molar-refractivity contribution in [2.24, 2.45) is 5.92 Å². The topological polar surface area (TPSA) is 47.6 Å². The molecular formula is C15H23NO3. The number of carbonyl (C=O) groups is 1. The molecule has 0 aliphatic heterocycles. The first-order chi connectivity index (χ1) is 9.03. The van der Waals surface area contributed by atoms with E-state index in [-0.39, 0.29) is 11.9 Å². The molecule has 0 aliphatic carbocycles. The summed E-state index contributed by atoms with van der Waals surface area (Å²) in [5.41, 5.74) is 1.02. The lowest BCUT2D eigenvalue weighted by Crippen LogP contribution is -2.31. The van der Waals surface area contributed by atoms with E-state index >= 15 is 0 Å². The van der Waals surface area contributed by atoms with E-state index in [4.69, 9.17) is 9.47 Å². The van der Waals surface area contributed by atoms with Crippen LogP contribution in [0.15, 0.2) is 18.2 Å². The van der Waals surface area contributed by atoms with Crippen LogP contribution in [-0.4, -0.2) is 20.1 Å². The monoisotopic (exact) mass is 265 g/mol. The molecule has 0 heterocycles. The highest BCUT2D eigenvalue weighted by molar-refractivity contribution is 5.76. The Labute approximate surface area is 115 Å². The average Bonchev–Trinajstić information content (AvgIpc) is 2.43. The summed E-state index contributed by atoms with van der Waals surface area (Å²) < 4.78 is 10.5. The van der Waals surface area contributed by atoms with Crippen molar-refractivity contribution in [2.45, 2.75) is 33.2 Å². The second-order valence-electron chi connectivity index (χ2n) is 4.76. The number of hydrogen-bond donors (Lipinski definition) is 1. The molecule has 1 aromatic rings. The maximum Gasteiger partial charge on any atom is 0.220 e. The summed E-state index contributed by atoms with van der Waals surface area (Å²) >= 11 is 0. The highest BCUT2D eigenvalue weighted by atomic mass is 16.5. The molecule has 4 nitrogen and oxygen atoms in total. The molecule has 0 aliphatic rings. The Morgan fingerprint density at radius 3 is 2.32 bits per heavy atom. The van der Waals surface area contributed by atoms with Crippen molar-refractivity contribution in [3.63, 3.8) is 0 Å². The highest BCUT2D eigenvalue weighted by Crippen LogP contribution is 2.32. The maximum absolute atomic E-state index is 11.6. The predicted molar refractivity (Wildman–Crippen MR) is 75.6 cm³/mol. The van der Waals surface area contributed by atoms with Crippen LogP contribution < -0.4 is 14.8 Å². The second-order valence-corrected chi connectivity index (χ2v) is 4.76. The summed E-state index contributed by atoms with van der Waals surface area (Å²) in [6.45, 7) is 6.01. The van der Waals surface area contributed by atoms with Gasteiger partial charge in [-0.15, -0.1) is 0 Å². The number of nitrogens with one attached hydrogen (secondary N) is 1. The molecule has 1 amide bonds. The van der Waals surface area contributed by atoms with Gasteiger partial charge in [0.1, 0.15) is 0 Å². The Kier molecular flexibility index (Phi) is 5.67. The molecule has 4 heteroatoms. The Hall–Kier alpha value is -1.71. The molecular weight excluding hydrogens is 242 g/mol. The molecule has 106 valence electrons. The van der Waals surface area contributed by atoms with Crippen molar-refractivity contribution < 1.29 is 14.3 Å². The molecule has 1 aromatic carbocycles. The largest absolute Gasteiger partial charge is 0.493 e. The molecule has 0 aromatic heterocycles. The SMILES string of the molecule is CCC(=O)NC(c1ccc(OC)c(OC)c1)C(C)C. The molecule has 1 unspecified atom stereocenters. The molecule has 19 heavy (non-hydrogen) atoms. The summed E-state index contributed by atoms with van der Waals surface area (Å²) in [5, 5.41) is 3.04. The van der Waals surface area contributed by atoms with Crippen LogP contribution in [0, 0.1) is 5.92 Å². The molecule has 0 fully saturated rings. The molecule has 1 atom stereocenters. The van der Waals surface area contributed by atoms with Gasteiger partial charge in [-0.1, -0.05) is 26.8 Å². The zero-order chi connectivity index (χ0) is 14.4. The van der Waals surface area contributed by atoms with E-state index < -0.39 is 0 Å². The molecule has 0 spiro atoms. The number of methoxy groups -OCH3 is 2. The van der Waals surface area contributed by atoms with Crippen LogP contribution in [-0.2, 0) is 4.79 Å². The van der Waals surface area contributed by atoms with Gasteiger partial charge in [-0.25, -0.2) is 0 Å². The van der Waals surface area contributed by atoms with Gasteiger partial charge in [-0.05, 0) is 23.6 Å². The standard InChI is InChI=1S/C15H23NO3/c1-6-14(17)16-15(10(2)3)11-7-8-12(18-4)13(9-11)19-5/h7-10,15H,6H2,1-5H3,(H,16,17). The number of benzene rings is 1. The Balaban J connectivity index is 3.05. The van der Waals surface area contributed by atoms with Crippen LogP contribution >= 0.6 is 0 Å². The van der Waals surface area contributed by atoms with Crippen molar-refractivity contribution in [1.82, 2.24) is 5.32 Å². The van der Waals surface area contributed by atoms with Gasteiger partial charge in [0, 0.05) is 6.42 Å². The fourth-order valence-electron chi connectivity index (χ4n) is 1.96. The maximum atomic E-state index is 11.6. The minimum Gasteiger partial charge on any atom is -0.493 e. The average molecular weight is 265 g/mol. The normalized spacial score (nSPS) is 12.1. The first-order valence-electron chi connectivity index (χ1n) is 6.54. The van der Waals surface area contributed by atoms with Gasteiger partial charge in [0.05, 0.1) is 20.3 Å². The van der Waals surface area contributed by atoms with E-state index in [2.05, 4.69) is 19.2 Å². The van der Waals surface area contributed by atoms with Crippen molar-refractivity contribution in [1.29, 1.82) is 0 Å². The summed E-state index contributed by atoms with van der Waals surface area (Å²) in [4.78, 5) is 11.6. The molecule has 0 saturated carbocycles. The highest BCUT2D eigenvalue weighted by Gasteiger charge is 2.19. The van der Waals surface area contributed by atoms with Crippen molar-refractivity contribution in [2.75, 3.05) is 14.2 Å². The van der Waals surface area contributed by atoms with E-state index in [1.54, 1.807) is 14.2 Å². The number of rotatable bonds is 6. The fourth-order valence-corrected chi connectivity index (χ4v) is 1.96. The summed E-state index contributed by atoms with van der Waals surface area (Å²) in [5.74, 6) is 1.72. The first kappa shape index (κ1) is 15.3. The lowest BCUT2D eigenvalue weighted by Gasteiger charge is -2.23. The predicted octanol–water partition coefficient (Wildman–Crippen LogP) is 2.93. The van der Waals surface area contributed by atoms with Crippen molar-refractivity contribution >= 4 is 5.91 Å². The third-order valence-electron chi connectivity index (χ3n) is 3.07. The van der Waals surface area contributed by atoms with E-state index in [1.807, 2.05) is 25.1 Å². The zero-order valence-electron chi connectivity index (χ0n) is 12.3. The van der Waals surface area contributed by atoms with Gasteiger partial charge in [0.2, 0.25) is 5.91 Å². The minimum absolute atomic E-state index is 0.0211. The lowest BCUT2D eigenvalue weighted by atomic mass is 9.95. The lowest BCUT2D eigenvalue weighted by molar-refractivity contribution is -0.121. The third kappa shape index (κ3) is 3.88. The molecule has 0 bridgehead atoms. The van der Waals surface area contributed by atoms with Gasteiger partial charge in [0.15, 0.2) is 11.5 Å². The number of carbonyl (C=O) groups excluding carboxylic acids is 1. The molecule has 0 radical (unpaired) electrons. The van der Waals surface area contributed by atoms with Crippen LogP contribution in [0.25, 0.3) is 0 Å². The Morgan fingerprint density at radius 1 is 1.21 bits per heavy atom. The number of amides is 1. The van der Waals surface area contributed by atoms with Crippen LogP contribution in [0.2, 0.25) is 0 Å². The van der Waals surface area contributed by atoms with Crippen LogP contribution in [0.5, 0.6) is 11.5 Å². The Morgan fingerprint density at radius 2 is 1.84 bits per heavy atom. The molecule has 1 rings (SSSR count). The number of hydrogen-bond acceptors (Lipinski definition) is 3. The van der Waals surface area contributed by atoms with Crippen LogP contribution in [0.3, 0.4) is 0 Å². The van der Waals surface area contributed by atoms with Crippen LogP contribution in [0.4, 0.5) is 0 Å². The third-order valence-corrected chi connectivity index (χ3v) is 3.07. The fraction of sp³-hybridized carbons (Fsp3) is 0.533. The van der Waals surface area contributed by atoms with Crippen molar-refractivity contribution in [3.05, 3.63) is 23.8 Å². The van der Waals surface area contributed by atoms with Gasteiger partial charge in [-0.3, -0.25) is 4.79 Å². The van der Waals surface area contributed by atoms with Crippen LogP contribution in [0.1, 0.15) is 38.8 Å². The van der Waals surface area contributed by atoms with Gasteiger partial charge in [-0.2, -0.15) is 0 Å². The quantitative estimate of drug-likeness (QED) is 0.860. The summed E-state index contributed by atoms with van der Waals surface area (Å²) in [6, 6.07) is 5.72. The molecule has 1 N–H and O–H groups in total. The minimum atomic E-state index is -0.0211. The smallest absolute Gasteiger partial charge is 0.220 e. The molecule has 0 saturated heterocycles. The second kappa shape index (κ2) is 7.02. The first-order valence-corrected chi connectivity index (χ1v) is 6.54. The van der Waals surface area contributed by atoms with Gasteiger partial charge >= 0.3 is 0 Å². The van der Waals surface area contributed by atoms with E-state index in [0.717, 1.165) is 5.56 Å².